The van der Waals surface area contributed by atoms with E-state index >= 15 is 0 Å². The highest BCUT2D eigenvalue weighted by Gasteiger charge is 2.37. The van der Waals surface area contributed by atoms with Crippen LogP contribution in [-0.2, 0) is 9.53 Å². The standard InChI is InChI=1S/C13H22N2O2/c1-5-10(9-14)15-8-6-7-11(15)12(16)17-13(2,3)4/h10-11H,5-8H2,1-4H3/t10?,11-/m0/s1. The molecule has 0 aromatic carbocycles. The van der Waals surface area contributed by atoms with Gasteiger partial charge in [0.1, 0.15) is 11.6 Å². The monoisotopic (exact) mass is 238 g/mol. The molecule has 1 saturated heterocycles. The van der Waals surface area contributed by atoms with Crippen LogP contribution in [0.15, 0.2) is 0 Å². The molecule has 4 nitrogen and oxygen atoms in total. The van der Waals surface area contributed by atoms with Crippen LogP contribution in [0.25, 0.3) is 0 Å². The summed E-state index contributed by atoms with van der Waals surface area (Å²) in [6.45, 7) is 8.39. The first kappa shape index (κ1) is 14.0. The molecule has 0 radical (unpaired) electrons. The van der Waals surface area contributed by atoms with E-state index in [0.717, 1.165) is 25.8 Å². The molecule has 0 aromatic heterocycles. The summed E-state index contributed by atoms with van der Waals surface area (Å²) in [5, 5.41) is 9.07. The van der Waals surface area contributed by atoms with E-state index in [1.807, 2.05) is 32.6 Å². The second kappa shape index (κ2) is 5.50. The Morgan fingerprint density at radius 2 is 2.24 bits per heavy atom. The lowest BCUT2D eigenvalue weighted by molar-refractivity contribution is -0.160. The van der Waals surface area contributed by atoms with Crippen LogP contribution in [0.2, 0.25) is 0 Å². The van der Waals surface area contributed by atoms with E-state index in [-0.39, 0.29) is 18.1 Å². The highest BCUT2D eigenvalue weighted by atomic mass is 16.6. The second-order valence-corrected chi connectivity index (χ2v) is 5.48. The van der Waals surface area contributed by atoms with Crippen molar-refractivity contribution < 1.29 is 9.53 Å². The zero-order valence-corrected chi connectivity index (χ0v) is 11.2. The quantitative estimate of drug-likeness (QED) is 0.706. The lowest BCUT2D eigenvalue weighted by atomic mass is 10.1. The summed E-state index contributed by atoms with van der Waals surface area (Å²) in [5.74, 6) is -0.191. The van der Waals surface area contributed by atoms with Gasteiger partial charge in [0.25, 0.3) is 0 Å². The molecule has 1 aliphatic heterocycles. The van der Waals surface area contributed by atoms with Crippen LogP contribution in [-0.4, -0.2) is 35.1 Å². The van der Waals surface area contributed by atoms with Crippen molar-refractivity contribution in [1.82, 2.24) is 4.90 Å². The summed E-state index contributed by atoms with van der Waals surface area (Å²) in [7, 11) is 0. The SMILES string of the molecule is CCC(C#N)N1CCC[C@H]1C(=O)OC(C)(C)C. The van der Waals surface area contributed by atoms with Crippen molar-refractivity contribution in [3.63, 3.8) is 0 Å². The normalized spacial score (nSPS) is 23.1. The van der Waals surface area contributed by atoms with Crippen molar-refractivity contribution >= 4 is 5.97 Å². The van der Waals surface area contributed by atoms with Gasteiger partial charge in [-0.2, -0.15) is 5.26 Å². The maximum Gasteiger partial charge on any atom is 0.323 e. The number of ether oxygens (including phenoxy) is 1. The minimum Gasteiger partial charge on any atom is -0.459 e. The number of likely N-dealkylation sites (tertiary alicyclic amines) is 1. The molecule has 2 atom stereocenters. The largest absolute Gasteiger partial charge is 0.459 e. The molecule has 4 heteroatoms. The number of hydrogen-bond donors (Lipinski definition) is 0. The average molecular weight is 238 g/mol. The number of carbonyl (C=O) groups is 1. The van der Waals surface area contributed by atoms with Crippen molar-refractivity contribution in [2.24, 2.45) is 0 Å². The molecule has 0 N–H and O–H groups in total. The number of nitrogens with zero attached hydrogens (tertiary/aromatic N) is 2. The molecule has 0 spiro atoms. The molecule has 1 heterocycles. The van der Waals surface area contributed by atoms with Crippen LogP contribution >= 0.6 is 0 Å². The van der Waals surface area contributed by atoms with Crippen LogP contribution in [0.1, 0.15) is 47.0 Å². The molecular weight excluding hydrogens is 216 g/mol. The molecule has 17 heavy (non-hydrogen) atoms. The minimum atomic E-state index is -0.459. The summed E-state index contributed by atoms with van der Waals surface area (Å²) in [6, 6.07) is 1.85. The fourth-order valence-electron chi connectivity index (χ4n) is 2.18. The Labute approximate surface area is 104 Å². The van der Waals surface area contributed by atoms with Gasteiger partial charge in [0.2, 0.25) is 0 Å². The maximum absolute atomic E-state index is 12.0. The molecular formula is C13H22N2O2. The molecule has 1 aliphatic rings. The first-order valence-corrected chi connectivity index (χ1v) is 6.27. The third kappa shape index (κ3) is 3.71. The number of hydrogen-bond acceptors (Lipinski definition) is 4. The predicted octanol–water partition coefficient (Wildman–Crippen LogP) is 2.09. The van der Waals surface area contributed by atoms with Crippen molar-refractivity contribution in [3.8, 4) is 6.07 Å². The molecule has 0 bridgehead atoms. The van der Waals surface area contributed by atoms with E-state index in [0.29, 0.717) is 0 Å². The number of nitriles is 1. The summed E-state index contributed by atoms with van der Waals surface area (Å²) < 4.78 is 5.40. The first-order valence-electron chi connectivity index (χ1n) is 6.27. The van der Waals surface area contributed by atoms with Gasteiger partial charge in [-0.15, -0.1) is 0 Å². The molecule has 1 unspecified atom stereocenters. The third-order valence-corrected chi connectivity index (χ3v) is 2.91. The molecule has 1 fully saturated rings. The Bertz CT molecular complexity index is 314. The summed E-state index contributed by atoms with van der Waals surface area (Å²) >= 11 is 0. The lowest BCUT2D eigenvalue weighted by Crippen LogP contribution is -2.45. The Kier molecular flexibility index (Phi) is 4.53. The van der Waals surface area contributed by atoms with Gasteiger partial charge in [-0.3, -0.25) is 9.69 Å². The fraction of sp³-hybridized carbons (Fsp3) is 0.846. The molecule has 0 amide bonds. The van der Waals surface area contributed by atoms with Crippen molar-refractivity contribution in [1.29, 1.82) is 5.26 Å². The van der Waals surface area contributed by atoms with Crippen LogP contribution in [0, 0.1) is 11.3 Å². The van der Waals surface area contributed by atoms with Crippen LogP contribution in [0.5, 0.6) is 0 Å². The van der Waals surface area contributed by atoms with E-state index in [9.17, 15) is 4.79 Å². The first-order chi connectivity index (χ1) is 7.89. The van der Waals surface area contributed by atoms with E-state index < -0.39 is 5.60 Å². The van der Waals surface area contributed by atoms with Crippen molar-refractivity contribution in [2.45, 2.75) is 64.6 Å². The van der Waals surface area contributed by atoms with Gasteiger partial charge >= 0.3 is 5.97 Å². The Balaban J connectivity index is 2.70. The highest BCUT2D eigenvalue weighted by molar-refractivity contribution is 5.76. The molecule has 96 valence electrons. The topological polar surface area (TPSA) is 53.3 Å². The minimum absolute atomic E-state index is 0.171. The molecule has 1 rings (SSSR count). The second-order valence-electron chi connectivity index (χ2n) is 5.48. The van der Waals surface area contributed by atoms with Gasteiger partial charge in [-0.05, 0) is 40.0 Å². The highest BCUT2D eigenvalue weighted by Crippen LogP contribution is 2.24. The van der Waals surface area contributed by atoms with Gasteiger partial charge in [-0.1, -0.05) is 6.92 Å². The van der Waals surface area contributed by atoms with Gasteiger partial charge < -0.3 is 4.74 Å². The van der Waals surface area contributed by atoms with Crippen LogP contribution in [0.3, 0.4) is 0 Å². The summed E-state index contributed by atoms with van der Waals surface area (Å²) in [5.41, 5.74) is -0.459. The zero-order valence-electron chi connectivity index (χ0n) is 11.2. The van der Waals surface area contributed by atoms with E-state index in [1.165, 1.54) is 0 Å². The fourth-order valence-corrected chi connectivity index (χ4v) is 2.18. The lowest BCUT2D eigenvalue weighted by Gasteiger charge is -2.29. The summed E-state index contributed by atoms with van der Waals surface area (Å²) in [4.78, 5) is 14.0. The van der Waals surface area contributed by atoms with E-state index in [1.54, 1.807) is 0 Å². The number of carbonyl (C=O) groups excluding carboxylic acids is 1. The van der Waals surface area contributed by atoms with E-state index in [2.05, 4.69) is 6.07 Å². The van der Waals surface area contributed by atoms with Gasteiger partial charge in [0, 0.05) is 6.54 Å². The summed E-state index contributed by atoms with van der Waals surface area (Å²) in [6.07, 6.45) is 2.50. The zero-order chi connectivity index (χ0) is 13.1. The Morgan fingerprint density at radius 1 is 1.59 bits per heavy atom. The molecule has 0 saturated carbocycles. The van der Waals surface area contributed by atoms with E-state index in [4.69, 9.17) is 10.00 Å². The smallest absolute Gasteiger partial charge is 0.323 e. The Hall–Kier alpha value is -1.08. The number of rotatable bonds is 3. The molecule has 0 aromatic rings. The van der Waals surface area contributed by atoms with Gasteiger partial charge in [-0.25, -0.2) is 0 Å². The van der Waals surface area contributed by atoms with Gasteiger partial charge in [0.05, 0.1) is 12.1 Å². The van der Waals surface area contributed by atoms with Crippen molar-refractivity contribution in [3.05, 3.63) is 0 Å². The van der Waals surface area contributed by atoms with Crippen LogP contribution < -0.4 is 0 Å². The third-order valence-electron chi connectivity index (χ3n) is 2.91. The van der Waals surface area contributed by atoms with Gasteiger partial charge in [0.15, 0.2) is 0 Å². The average Bonchev–Trinajstić information content (AvgIpc) is 2.66. The maximum atomic E-state index is 12.0. The van der Waals surface area contributed by atoms with Crippen LogP contribution in [0.4, 0.5) is 0 Å². The Morgan fingerprint density at radius 3 is 2.71 bits per heavy atom. The molecule has 0 aliphatic carbocycles. The number of esters is 1. The van der Waals surface area contributed by atoms with Crippen molar-refractivity contribution in [2.75, 3.05) is 6.54 Å². The predicted molar refractivity (Wildman–Crippen MR) is 65.3 cm³/mol.